The van der Waals surface area contributed by atoms with Crippen LogP contribution in [0.5, 0.6) is 23.0 Å². The number of carbonyl (C=O) groups is 2. The van der Waals surface area contributed by atoms with Crippen LogP contribution in [0.25, 0.3) is 0 Å². The van der Waals surface area contributed by atoms with E-state index >= 15 is 0 Å². The summed E-state index contributed by atoms with van der Waals surface area (Å²) in [7, 11) is 0. The summed E-state index contributed by atoms with van der Waals surface area (Å²) in [5.41, 5.74) is -2.32. The zero-order chi connectivity index (χ0) is 48.7. The molecule has 4 rings (SSSR count). The van der Waals surface area contributed by atoms with E-state index in [0.717, 1.165) is 37.8 Å². The van der Waals surface area contributed by atoms with Gasteiger partial charge in [0.05, 0.1) is 101 Å². The van der Waals surface area contributed by atoms with Crippen molar-refractivity contribution >= 4 is 34.9 Å². The second-order valence-electron chi connectivity index (χ2n) is 16.4. The number of amides is 2. The van der Waals surface area contributed by atoms with Gasteiger partial charge in [-0.15, -0.1) is 0 Å². The van der Waals surface area contributed by atoms with Crippen molar-refractivity contribution in [3.05, 3.63) is 44.5 Å². The van der Waals surface area contributed by atoms with Crippen molar-refractivity contribution in [2.75, 3.05) is 130 Å². The Hall–Kier alpha value is -5.26. The summed E-state index contributed by atoms with van der Waals surface area (Å²) in [6, 6.07) is 4.86. The number of ether oxygens (including phenoxy) is 12. The molecule has 22 nitrogen and oxygen atoms in total. The topological polar surface area (TPSA) is 255 Å². The van der Waals surface area contributed by atoms with Gasteiger partial charge in [-0.25, -0.2) is 9.59 Å². The number of nitro benzene ring substituents is 2. The van der Waals surface area contributed by atoms with Crippen molar-refractivity contribution in [2.45, 2.75) is 84.5 Å². The number of unbranched alkanes of at least 4 members (excludes halogenated alkanes) is 9. The molecule has 2 aliphatic heterocycles. The highest BCUT2D eigenvalue weighted by Gasteiger charge is 2.31. The average Bonchev–Trinajstić information content (AvgIpc) is 3.33. The minimum absolute atomic E-state index is 0.0624. The zero-order valence-electron chi connectivity index (χ0n) is 39.6. The molecule has 0 radical (unpaired) electrons. The smallest absolute Gasteiger partial charge is 0.411 e. The molecule has 2 N–H and O–H groups in total. The maximum Gasteiger partial charge on any atom is 0.411 e. The normalized spacial score (nSPS) is 16.1. The van der Waals surface area contributed by atoms with Gasteiger partial charge in [0.2, 0.25) is 0 Å². The SMILES string of the molecule is CCCCCCCCCCCCC(C)(COC(=O)Nc1cc2c(cc1[N+](=O)[O-])OCCOCCOCCOCCO2)COC(=O)Nc1cc2c(cc1[N+](=O)[O-])OCCOCCOCCOCCO2. The van der Waals surface area contributed by atoms with Gasteiger partial charge < -0.3 is 56.8 Å². The van der Waals surface area contributed by atoms with Crippen LogP contribution in [0.2, 0.25) is 0 Å². The largest absolute Gasteiger partial charge is 0.487 e. The summed E-state index contributed by atoms with van der Waals surface area (Å²) >= 11 is 0. The van der Waals surface area contributed by atoms with Crippen LogP contribution in [-0.2, 0) is 37.9 Å². The zero-order valence-corrected chi connectivity index (χ0v) is 39.6. The Labute approximate surface area is 397 Å². The van der Waals surface area contributed by atoms with Crippen LogP contribution in [0.4, 0.5) is 32.3 Å². The van der Waals surface area contributed by atoms with Crippen LogP contribution in [0.1, 0.15) is 84.5 Å². The highest BCUT2D eigenvalue weighted by Crippen LogP contribution is 2.40. The number of hydrogen-bond acceptors (Lipinski definition) is 18. The quantitative estimate of drug-likeness (QED) is 0.0763. The maximum atomic E-state index is 13.4. The van der Waals surface area contributed by atoms with E-state index in [9.17, 15) is 29.8 Å². The minimum atomic E-state index is -1.01. The summed E-state index contributed by atoms with van der Waals surface area (Å²) in [4.78, 5) is 50.0. The molecule has 2 aliphatic rings. The molecule has 22 heteroatoms. The fourth-order valence-corrected chi connectivity index (χ4v) is 6.97. The predicted octanol–water partition coefficient (Wildman–Crippen LogP) is 8.26. The molecule has 68 heavy (non-hydrogen) atoms. The minimum Gasteiger partial charge on any atom is -0.487 e. The highest BCUT2D eigenvalue weighted by molar-refractivity contribution is 5.90. The molecule has 0 saturated carbocycles. The first kappa shape index (κ1) is 55.3. The first-order valence-corrected chi connectivity index (χ1v) is 23.6. The molecule has 2 aromatic rings. The van der Waals surface area contributed by atoms with E-state index in [4.69, 9.17) is 56.8 Å². The van der Waals surface area contributed by atoms with E-state index in [2.05, 4.69) is 17.6 Å². The second kappa shape index (κ2) is 32.5. The Morgan fingerprint density at radius 2 is 0.794 bits per heavy atom. The van der Waals surface area contributed by atoms with Crippen LogP contribution in [-0.4, -0.2) is 141 Å². The van der Waals surface area contributed by atoms with Gasteiger partial charge in [-0.2, -0.15) is 0 Å². The Kier molecular flexibility index (Phi) is 26.4. The number of nitrogens with one attached hydrogen (secondary N) is 2. The van der Waals surface area contributed by atoms with Crippen molar-refractivity contribution in [3.63, 3.8) is 0 Å². The number of anilines is 2. The van der Waals surface area contributed by atoms with Crippen LogP contribution in [0, 0.1) is 25.6 Å². The third-order valence-electron chi connectivity index (χ3n) is 10.7. The van der Waals surface area contributed by atoms with E-state index in [-0.39, 0.29) is 100 Å². The van der Waals surface area contributed by atoms with Crippen molar-refractivity contribution in [1.29, 1.82) is 0 Å². The van der Waals surface area contributed by atoms with E-state index in [0.29, 0.717) is 65.7 Å². The average molecular weight is 967 g/mol. The fraction of sp³-hybridized carbons (Fsp3) is 0.696. The van der Waals surface area contributed by atoms with E-state index in [1.807, 2.05) is 0 Å². The third-order valence-corrected chi connectivity index (χ3v) is 10.7. The van der Waals surface area contributed by atoms with Crippen molar-refractivity contribution in [2.24, 2.45) is 5.41 Å². The first-order chi connectivity index (χ1) is 33.1. The molecule has 0 fully saturated rings. The molecule has 0 aromatic heterocycles. The lowest BCUT2D eigenvalue weighted by Gasteiger charge is -2.28. The van der Waals surface area contributed by atoms with Gasteiger partial charge in [-0.1, -0.05) is 78.1 Å². The predicted molar refractivity (Wildman–Crippen MR) is 248 cm³/mol. The van der Waals surface area contributed by atoms with Gasteiger partial charge >= 0.3 is 12.2 Å². The Morgan fingerprint density at radius 3 is 1.12 bits per heavy atom. The lowest BCUT2D eigenvalue weighted by Crippen LogP contribution is -2.33. The molecule has 2 heterocycles. The lowest BCUT2D eigenvalue weighted by atomic mass is 9.86. The van der Waals surface area contributed by atoms with E-state index < -0.39 is 38.8 Å². The third kappa shape index (κ3) is 21.8. The molecule has 2 aromatic carbocycles. The standard InChI is InChI=1S/C46H70N4O18/c1-3-4-5-6-7-8-9-10-11-12-13-46(2,34-67-44(51)47-36-30-40-42(32-38(36)49(53)54)65-28-24-61-20-16-57-14-18-59-22-26-63-40)35-68-45(52)48-37-31-41-43(33-39(37)50(55)56)66-29-25-62-21-17-58-15-19-60-23-27-64-41/h30-33H,3-29,34-35H2,1-2H3,(H,47,51)(H,48,52). The molecular formula is C46H70N4O18. The molecular weight excluding hydrogens is 897 g/mol. The van der Waals surface area contributed by atoms with Crippen LogP contribution < -0.4 is 29.6 Å². The molecule has 0 unspecified atom stereocenters. The summed E-state index contributed by atoms with van der Waals surface area (Å²) in [6.45, 7) is 7.25. The molecule has 0 bridgehead atoms. The highest BCUT2D eigenvalue weighted by atomic mass is 16.6. The molecule has 0 atom stereocenters. The van der Waals surface area contributed by atoms with Gasteiger partial charge in [0, 0.05) is 17.5 Å². The molecule has 382 valence electrons. The van der Waals surface area contributed by atoms with Gasteiger partial charge in [0.15, 0.2) is 23.0 Å². The number of carbonyl (C=O) groups excluding carboxylic acids is 2. The number of benzene rings is 2. The van der Waals surface area contributed by atoms with Crippen LogP contribution in [0.15, 0.2) is 24.3 Å². The van der Waals surface area contributed by atoms with E-state index in [1.165, 1.54) is 44.2 Å². The Balaban J connectivity index is 1.46. The number of hydrogen-bond donors (Lipinski definition) is 2. The van der Waals surface area contributed by atoms with Crippen molar-refractivity contribution in [3.8, 4) is 23.0 Å². The molecule has 0 spiro atoms. The van der Waals surface area contributed by atoms with E-state index in [1.54, 1.807) is 6.92 Å². The second-order valence-corrected chi connectivity index (χ2v) is 16.4. The monoisotopic (exact) mass is 966 g/mol. The first-order valence-electron chi connectivity index (χ1n) is 23.6. The number of nitro groups is 2. The number of rotatable bonds is 19. The van der Waals surface area contributed by atoms with Gasteiger partial charge in [0.25, 0.3) is 11.4 Å². The van der Waals surface area contributed by atoms with Crippen molar-refractivity contribution < 1.29 is 76.3 Å². The van der Waals surface area contributed by atoms with Gasteiger partial charge in [-0.3, -0.25) is 30.9 Å². The summed E-state index contributed by atoms with van der Waals surface area (Å²) in [5.74, 6) is 0.367. The maximum absolute atomic E-state index is 13.4. The molecule has 0 aliphatic carbocycles. The lowest BCUT2D eigenvalue weighted by molar-refractivity contribution is -0.384. The number of nitrogens with zero attached hydrogens (tertiary/aromatic N) is 2. The van der Waals surface area contributed by atoms with Gasteiger partial charge in [0.1, 0.15) is 51.0 Å². The number of fused-ring (bicyclic) bond motifs is 2. The fourth-order valence-electron chi connectivity index (χ4n) is 6.97. The van der Waals surface area contributed by atoms with Crippen LogP contribution in [0.3, 0.4) is 0 Å². The summed E-state index contributed by atoms with van der Waals surface area (Å²) < 4.78 is 67.5. The molecule has 2 amide bonds. The molecule has 0 saturated heterocycles. The van der Waals surface area contributed by atoms with Crippen LogP contribution >= 0.6 is 0 Å². The summed E-state index contributed by atoms with van der Waals surface area (Å²) in [6.07, 6.45) is 9.34. The van der Waals surface area contributed by atoms with Gasteiger partial charge in [-0.05, 0) is 6.42 Å². The Bertz CT molecular complexity index is 1710. The van der Waals surface area contributed by atoms with Crippen molar-refractivity contribution in [1.82, 2.24) is 0 Å². The summed E-state index contributed by atoms with van der Waals surface area (Å²) in [5, 5.41) is 29.4. The Morgan fingerprint density at radius 1 is 0.500 bits per heavy atom.